The molecule has 0 radical (unpaired) electrons. The first-order chi connectivity index (χ1) is 8.69. The fourth-order valence-corrected chi connectivity index (χ4v) is 1.94. The zero-order chi connectivity index (χ0) is 13.0. The maximum atomic E-state index is 5.87. The van der Waals surface area contributed by atoms with Gasteiger partial charge in [0.1, 0.15) is 11.5 Å². The molecule has 1 N–H and O–H groups in total. The van der Waals surface area contributed by atoms with E-state index < -0.39 is 0 Å². The molecular weight excluding hydrogens is 292 g/mol. The molecule has 0 spiro atoms. The number of hydrogen-bond acceptors (Lipinski definition) is 3. The Labute approximate surface area is 115 Å². The summed E-state index contributed by atoms with van der Waals surface area (Å²) in [6.45, 7) is 2.72. The number of rotatable bonds is 4. The number of halogens is 1. The Morgan fingerprint density at radius 2 is 2.11 bits per heavy atom. The number of ether oxygens (including phenoxy) is 1. The predicted octanol–water partition coefficient (Wildman–Crippen LogP) is 3.66. The van der Waals surface area contributed by atoms with Crippen LogP contribution in [0.15, 0.2) is 41.0 Å². The second kappa shape index (κ2) is 5.98. The Bertz CT molecular complexity index is 526. The normalized spacial score (nSPS) is 10.4. The van der Waals surface area contributed by atoms with Crippen molar-refractivity contribution in [3.05, 3.63) is 52.3 Å². The summed E-state index contributed by atoms with van der Waals surface area (Å²) in [5.74, 6) is 1.58. The minimum Gasteiger partial charge on any atom is -0.455 e. The van der Waals surface area contributed by atoms with Crippen LogP contribution in [0, 0.1) is 6.92 Å². The molecule has 3 nitrogen and oxygen atoms in total. The molecule has 1 heterocycles. The molecule has 0 fully saturated rings. The van der Waals surface area contributed by atoms with Crippen LogP contribution < -0.4 is 10.1 Å². The van der Waals surface area contributed by atoms with Gasteiger partial charge in [0.15, 0.2) is 0 Å². The molecule has 0 atom stereocenters. The SMILES string of the molecule is CNCc1ccc(Br)cc1Oc1ccc(C)nc1. The molecule has 0 unspecified atom stereocenters. The Morgan fingerprint density at radius 1 is 1.28 bits per heavy atom. The molecule has 1 aromatic carbocycles. The second-order valence-electron chi connectivity index (χ2n) is 4.02. The molecule has 0 bridgehead atoms. The average molecular weight is 307 g/mol. The monoisotopic (exact) mass is 306 g/mol. The standard InChI is InChI=1S/C14H15BrN2O/c1-10-3-6-13(9-17-10)18-14-7-12(15)5-4-11(14)8-16-2/h3-7,9,16H,8H2,1-2H3. The summed E-state index contributed by atoms with van der Waals surface area (Å²) >= 11 is 3.46. The van der Waals surface area contributed by atoms with Crippen LogP contribution in [0.1, 0.15) is 11.3 Å². The van der Waals surface area contributed by atoms with Crippen molar-refractivity contribution in [1.82, 2.24) is 10.3 Å². The molecule has 0 amide bonds. The quantitative estimate of drug-likeness (QED) is 0.936. The summed E-state index contributed by atoms with van der Waals surface area (Å²) in [6.07, 6.45) is 1.74. The highest BCUT2D eigenvalue weighted by atomic mass is 79.9. The summed E-state index contributed by atoms with van der Waals surface area (Å²) in [4.78, 5) is 4.22. The molecule has 0 aliphatic rings. The van der Waals surface area contributed by atoms with Crippen molar-refractivity contribution in [3.63, 3.8) is 0 Å². The average Bonchev–Trinajstić information content (AvgIpc) is 2.36. The number of aromatic nitrogens is 1. The minimum atomic E-state index is 0.746. The van der Waals surface area contributed by atoms with Gasteiger partial charge in [0.05, 0.1) is 6.20 Å². The number of aryl methyl sites for hydroxylation is 1. The smallest absolute Gasteiger partial charge is 0.145 e. The minimum absolute atomic E-state index is 0.746. The van der Waals surface area contributed by atoms with Crippen molar-refractivity contribution >= 4 is 15.9 Å². The van der Waals surface area contributed by atoms with Gasteiger partial charge in [-0.15, -0.1) is 0 Å². The fourth-order valence-electron chi connectivity index (χ4n) is 1.60. The van der Waals surface area contributed by atoms with Crippen molar-refractivity contribution in [1.29, 1.82) is 0 Å². The van der Waals surface area contributed by atoms with Crippen LogP contribution in [0.25, 0.3) is 0 Å². The van der Waals surface area contributed by atoms with Crippen LogP contribution in [0.4, 0.5) is 0 Å². The fraction of sp³-hybridized carbons (Fsp3) is 0.214. The van der Waals surface area contributed by atoms with E-state index in [2.05, 4.69) is 26.2 Å². The van der Waals surface area contributed by atoms with Gasteiger partial charge < -0.3 is 10.1 Å². The van der Waals surface area contributed by atoms with Gasteiger partial charge in [-0.2, -0.15) is 0 Å². The van der Waals surface area contributed by atoms with Crippen LogP contribution in [0.3, 0.4) is 0 Å². The molecule has 0 aliphatic carbocycles. The van der Waals surface area contributed by atoms with Crippen LogP contribution in [0.2, 0.25) is 0 Å². The highest BCUT2D eigenvalue weighted by Crippen LogP contribution is 2.28. The maximum absolute atomic E-state index is 5.87. The third kappa shape index (κ3) is 3.31. The van der Waals surface area contributed by atoms with Gasteiger partial charge >= 0.3 is 0 Å². The third-order valence-electron chi connectivity index (χ3n) is 2.51. The molecule has 1 aromatic heterocycles. The van der Waals surface area contributed by atoms with Crippen molar-refractivity contribution in [2.24, 2.45) is 0 Å². The van der Waals surface area contributed by atoms with Gasteiger partial charge in [-0.25, -0.2) is 0 Å². The molecular formula is C14H15BrN2O. The summed E-state index contributed by atoms with van der Waals surface area (Å²) in [7, 11) is 1.92. The second-order valence-corrected chi connectivity index (χ2v) is 4.94. The Kier molecular flexibility index (Phi) is 4.33. The van der Waals surface area contributed by atoms with Crippen molar-refractivity contribution in [2.45, 2.75) is 13.5 Å². The molecule has 4 heteroatoms. The van der Waals surface area contributed by atoms with Gasteiger partial charge in [-0.05, 0) is 38.2 Å². The van der Waals surface area contributed by atoms with Gasteiger partial charge in [-0.3, -0.25) is 4.98 Å². The first kappa shape index (κ1) is 13.1. The lowest BCUT2D eigenvalue weighted by Gasteiger charge is -2.11. The highest BCUT2D eigenvalue weighted by molar-refractivity contribution is 9.10. The summed E-state index contributed by atoms with van der Waals surface area (Å²) in [6, 6.07) is 9.87. The van der Waals surface area contributed by atoms with E-state index >= 15 is 0 Å². The van der Waals surface area contributed by atoms with E-state index in [1.54, 1.807) is 6.20 Å². The lowest BCUT2D eigenvalue weighted by Crippen LogP contribution is -2.06. The third-order valence-corrected chi connectivity index (χ3v) is 3.00. The molecule has 94 valence electrons. The van der Waals surface area contributed by atoms with E-state index in [0.717, 1.165) is 33.8 Å². The molecule has 2 aromatic rings. The Morgan fingerprint density at radius 3 is 2.78 bits per heavy atom. The van der Waals surface area contributed by atoms with Crippen LogP contribution >= 0.6 is 15.9 Å². The van der Waals surface area contributed by atoms with Gasteiger partial charge in [0.25, 0.3) is 0 Å². The van der Waals surface area contributed by atoms with E-state index in [-0.39, 0.29) is 0 Å². The summed E-state index contributed by atoms with van der Waals surface area (Å²) in [5, 5.41) is 3.13. The lowest BCUT2D eigenvalue weighted by atomic mass is 10.2. The van der Waals surface area contributed by atoms with Crippen LogP contribution in [-0.2, 0) is 6.54 Å². The molecule has 2 rings (SSSR count). The molecule has 18 heavy (non-hydrogen) atoms. The van der Waals surface area contributed by atoms with Crippen molar-refractivity contribution < 1.29 is 4.74 Å². The van der Waals surface area contributed by atoms with E-state index in [9.17, 15) is 0 Å². The number of nitrogens with one attached hydrogen (secondary N) is 1. The number of hydrogen-bond donors (Lipinski definition) is 1. The van der Waals surface area contributed by atoms with Gasteiger partial charge in [0, 0.05) is 22.3 Å². The van der Waals surface area contributed by atoms with E-state index in [1.165, 1.54) is 0 Å². The zero-order valence-corrected chi connectivity index (χ0v) is 12.0. The van der Waals surface area contributed by atoms with Crippen molar-refractivity contribution in [2.75, 3.05) is 7.05 Å². The maximum Gasteiger partial charge on any atom is 0.145 e. The van der Waals surface area contributed by atoms with E-state index in [4.69, 9.17) is 4.74 Å². The van der Waals surface area contributed by atoms with Crippen LogP contribution in [0.5, 0.6) is 11.5 Å². The first-order valence-electron chi connectivity index (χ1n) is 5.72. The largest absolute Gasteiger partial charge is 0.455 e. The van der Waals surface area contributed by atoms with Crippen LogP contribution in [-0.4, -0.2) is 12.0 Å². The Balaban J connectivity index is 2.26. The zero-order valence-electron chi connectivity index (χ0n) is 10.4. The van der Waals surface area contributed by atoms with Crippen molar-refractivity contribution in [3.8, 4) is 11.5 Å². The molecule has 0 saturated carbocycles. The summed E-state index contributed by atoms with van der Waals surface area (Å²) < 4.78 is 6.86. The molecule has 0 saturated heterocycles. The predicted molar refractivity (Wildman–Crippen MR) is 76.0 cm³/mol. The first-order valence-corrected chi connectivity index (χ1v) is 6.52. The lowest BCUT2D eigenvalue weighted by molar-refractivity contribution is 0.471. The van der Waals surface area contributed by atoms with Gasteiger partial charge in [-0.1, -0.05) is 22.0 Å². The Hall–Kier alpha value is -1.39. The summed E-state index contributed by atoms with van der Waals surface area (Å²) in [5.41, 5.74) is 2.09. The van der Waals surface area contributed by atoms with E-state index in [1.807, 2.05) is 44.3 Å². The van der Waals surface area contributed by atoms with Gasteiger partial charge in [0.2, 0.25) is 0 Å². The number of benzene rings is 1. The number of pyridine rings is 1. The molecule has 0 aliphatic heterocycles. The van der Waals surface area contributed by atoms with E-state index in [0.29, 0.717) is 0 Å². The number of nitrogens with zero attached hydrogens (tertiary/aromatic N) is 1. The topological polar surface area (TPSA) is 34.1 Å². The highest BCUT2D eigenvalue weighted by Gasteiger charge is 2.05.